The second-order valence-corrected chi connectivity index (χ2v) is 6.31. The van der Waals surface area contributed by atoms with Crippen molar-refractivity contribution >= 4 is 16.8 Å². The number of aromatic nitrogens is 1. The van der Waals surface area contributed by atoms with Crippen LogP contribution in [-0.2, 0) is 17.3 Å². The summed E-state index contributed by atoms with van der Waals surface area (Å²) in [5.74, 6) is 1.44. The van der Waals surface area contributed by atoms with Gasteiger partial charge in [-0.25, -0.2) is 0 Å². The highest BCUT2D eigenvalue weighted by molar-refractivity contribution is 7.85. The highest BCUT2D eigenvalue weighted by Gasteiger charge is 2.22. The van der Waals surface area contributed by atoms with Crippen LogP contribution in [0.1, 0.15) is 18.5 Å². The molecule has 2 fully saturated rings. The third kappa shape index (κ3) is 2.87. The molecule has 1 aliphatic carbocycles. The Morgan fingerprint density at radius 3 is 2.94 bits per heavy atom. The van der Waals surface area contributed by atoms with Gasteiger partial charge >= 0.3 is 0 Å². The van der Waals surface area contributed by atoms with Crippen molar-refractivity contribution in [2.75, 3.05) is 29.5 Å². The fourth-order valence-electron chi connectivity index (χ4n) is 1.89. The number of nitrogens with zero attached hydrogens (tertiary/aromatic N) is 2. The van der Waals surface area contributed by atoms with Crippen molar-refractivity contribution in [1.29, 1.82) is 0 Å². The molecule has 17 heavy (non-hydrogen) atoms. The molecule has 1 aliphatic heterocycles. The lowest BCUT2D eigenvalue weighted by Crippen LogP contribution is -2.37. The van der Waals surface area contributed by atoms with Crippen LogP contribution in [0.15, 0.2) is 10.7 Å². The zero-order valence-corrected chi connectivity index (χ0v) is 10.5. The Morgan fingerprint density at radius 2 is 2.24 bits per heavy atom. The maximum absolute atomic E-state index is 11.3. The van der Waals surface area contributed by atoms with Crippen molar-refractivity contribution in [3.8, 4) is 0 Å². The molecule has 2 heterocycles. The SMILES string of the molecule is O=S1CCN(c2nc(CNC3CC3)co2)CC1. The first-order valence-corrected chi connectivity index (χ1v) is 7.58. The normalized spacial score (nSPS) is 22.0. The predicted octanol–water partition coefficient (Wildman–Crippen LogP) is 0.495. The topological polar surface area (TPSA) is 58.4 Å². The molecule has 0 amide bonds. The molecule has 1 N–H and O–H groups in total. The number of nitrogens with one attached hydrogen (secondary N) is 1. The summed E-state index contributed by atoms with van der Waals surface area (Å²) in [4.78, 5) is 6.53. The van der Waals surface area contributed by atoms with Crippen LogP contribution >= 0.6 is 0 Å². The van der Waals surface area contributed by atoms with E-state index in [9.17, 15) is 4.21 Å². The molecule has 2 aliphatic rings. The van der Waals surface area contributed by atoms with Crippen molar-refractivity contribution in [3.05, 3.63) is 12.0 Å². The van der Waals surface area contributed by atoms with Crippen molar-refractivity contribution in [2.24, 2.45) is 0 Å². The van der Waals surface area contributed by atoms with Gasteiger partial charge in [0.1, 0.15) is 6.26 Å². The summed E-state index contributed by atoms with van der Waals surface area (Å²) in [6.07, 6.45) is 4.28. The Kier molecular flexibility index (Phi) is 3.15. The van der Waals surface area contributed by atoms with Crippen LogP contribution in [0.25, 0.3) is 0 Å². The molecule has 0 bridgehead atoms. The average molecular weight is 255 g/mol. The minimum atomic E-state index is -0.653. The van der Waals surface area contributed by atoms with Crippen LogP contribution in [0, 0.1) is 0 Å². The van der Waals surface area contributed by atoms with Gasteiger partial charge in [0.25, 0.3) is 6.01 Å². The standard InChI is InChI=1S/C11H17N3O2S/c15-17-5-3-14(4-6-17)11-13-10(8-16-11)7-12-9-1-2-9/h8-9,12H,1-7H2. The summed E-state index contributed by atoms with van der Waals surface area (Å²) >= 11 is 0. The van der Waals surface area contributed by atoms with Gasteiger partial charge in [0.05, 0.1) is 5.69 Å². The summed E-state index contributed by atoms with van der Waals surface area (Å²) < 4.78 is 16.7. The Hall–Kier alpha value is -0.880. The number of hydrogen-bond acceptors (Lipinski definition) is 5. The third-order valence-electron chi connectivity index (χ3n) is 3.14. The molecule has 6 heteroatoms. The van der Waals surface area contributed by atoms with E-state index < -0.39 is 10.8 Å². The van der Waals surface area contributed by atoms with Crippen LogP contribution < -0.4 is 10.2 Å². The quantitative estimate of drug-likeness (QED) is 0.849. The zero-order chi connectivity index (χ0) is 11.7. The van der Waals surface area contributed by atoms with E-state index in [0.717, 1.165) is 36.8 Å². The van der Waals surface area contributed by atoms with E-state index in [1.807, 2.05) is 0 Å². The summed E-state index contributed by atoms with van der Waals surface area (Å²) in [6.45, 7) is 2.35. The Bertz CT molecular complexity index is 407. The second kappa shape index (κ2) is 4.78. The maximum Gasteiger partial charge on any atom is 0.297 e. The molecule has 1 aromatic rings. The van der Waals surface area contributed by atoms with Gasteiger partial charge in [-0.2, -0.15) is 4.98 Å². The predicted molar refractivity (Wildman–Crippen MR) is 66.5 cm³/mol. The first-order chi connectivity index (χ1) is 8.31. The molecular formula is C11H17N3O2S. The minimum Gasteiger partial charge on any atom is -0.432 e. The van der Waals surface area contributed by atoms with Crippen LogP contribution in [0.2, 0.25) is 0 Å². The largest absolute Gasteiger partial charge is 0.432 e. The summed E-state index contributed by atoms with van der Waals surface area (Å²) in [6, 6.07) is 1.36. The third-order valence-corrected chi connectivity index (χ3v) is 4.41. The van der Waals surface area contributed by atoms with Gasteiger partial charge in [-0.1, -0.05) is 0 Å². The first kappa shape index (κ1) is 11.2. The van der Waals surface area contributed by atoms with Gasteiger partial charge in [-0.15, -0.1) is 0 Å². The number of hydrogen-bond donors (Lipinski definition) is 1. The highest BCUT2D eigenvalue weighted by Crippen LogP contribution is 2.20. The average Bonchev–Trinajstić information content (AvgIpc) is 3.06. The molecule has 5 nitrogen and oxygen atoms in total. The maximum atomic E-state index is 11.3. The minimum absolute atomic E-state index is 0.653. The van der Waals surface area contributed by atoms with Gasteiger partial charge in [0, 0.05) is 48.0 Å². The summed E-state index contributed by atoms with van der Waals surface area (Å²) in [7, 11) is -0.653. The molecule has 0 radical (unpaired) electrons. The van der Waals surface area contributed by atoms with Gasteiger partial charge in [-0.05, 0) is 12.8 Å². The number of anilines is 1. The van der Waals surface area contributed by atoms with Gasteiger partial charge in [0.2, 0.25) is 0 Å². The molecule has 3 rings (SSSR count). The molecule has 0 spiro atoms. The van der Waals surface area contributed by atoms with E-state index in [1.165, 1.54) is 12.8 Å². The molecule has 0 aromatic carbocycles. The molecule has 94 valence electrons. The molecule has 1 saturated carbocycles. The number of oxazole rings is 1. The summed E-state index contributed by atoms with van der Waals surface area (Å²) in [5.41, 5.74) is 0.957. The summed E-state index contributed by atoms with van der Waals surface area (Å²) in [5, 5.41) is 3.41. The van der Waals surface area contributed by atoms with E-state index in [1.54, 1.807) is 6.26 Å². The lowest BCUT2D eigenvalue weighted by Gasteiger charge is -2.24. The molecule has 1 saturated heterocycles. The zero-order valence-electron chi connectivity index (χ0n) is 9.72. The van der Waals surface area contributed by atoms with E-state index in [-0.39, 0.29) is 0 Å². The lowest BCUT2D eigenvalue weighted by atomic mass is 10.4. The molecule has 0 unspecified atom stereocenters. The molecule has 1 aromatic heterocycles. The van der Waals surface area contributed by atoms with E-state index >= 15 is 0 Å². The van der Waals surface area contributed by atoms with Gasteiger partial charge < -0.3 is 14.6 Å². The Labute approximate surface area is 103 Å². The van der Waals surface area contributed by atoms with E-state index in [4.69, 9.17) is 4.42 Å². The van der Waals surface area contributed by atoms with E-state index in [2.05, 4.69) is 15.2 Å². The van der Waals surface area contributed by atoms with Crippen LogP contribution in [0.3, 0.4) is 0 Å². The molecule has 0 atom stereocenters. The fourth-order valence-corrected chi connectivity index (χ4v) is 2.94. The van der Waals surface area contributed by atoms with Gasteiger partial charge in [0.15, 0.2) is 0 Å². The van der Waals surface area contributed by atoms with Crippen LogP contribution in [0.5, 0.6) is 0 Å². The Morgan fingerprint density at radius 1 is 1.47 bits per heavy atom. The molecular weight excluding hydrogens is 238 g/mol. The van der Waals surface area contributed by atoms with Crippen molar-refractivity contribution in [2.45, 2.75) is 25.4 Å². The Balaban J connectivity index is 1.57. The van der Waals surface area contributed by atoms with Crippen molar-refractivity contribution in [1.82, 2.24) is 10.3 Å². The second-order valence-electron chi connectivity index (χ2n) is 4.61. The fraction of sp³-hybridized carbons (Fsp3) is 0.727. The highest BCUT2D eigenvalue weighted by atomic mass is 32.2. The lowest BCUT2D eigenvalue weighted by molar-refractivity contribution is 0.535. The monoisotopic (exact) mass is 255 g/mol. The smallest absolute Gasteiger partial charge is 0.297 e. The van der Waals surface area contributed by atoms with Crippen LogP contribution in [0.4, 0.5) is 6.01 Å². The van der Waals surface area contributed by atoms with Crippen molar-refractivity contribution in [3.63, 3.8) is 0 Å². The van der Waals surface area contributed by atoms with Crippen LogP contribution in [-0.4, -0.2) is 39.8 Å². The number of rotatable bonds is 4. The van der Waals surface area contributed by atoms with E-state index in [0.29, 0.717) is 12.1 Å². The first-order valence-electron chi connectivity index (χ1n) is 6.09. The van der Waals surface area contributed by atoms with Crippen molar-refractivity contribution < 1.29 is 8.63 Å². The van der Waals surface area contributed by atoms with Gasteiger partial charge in [-0.3, -0.25) is 4.21 Å².